The summed E-state index contributed by atoms with van der Waals surface area (Å²) in [5, 5.41) is 12.2. The van der Waals surface area contributed by atoms with E-state index < -0.39 is 0 Å². The van der Waals surface area contributed by atoms with Crippen molar-refractivity contribution in [3.05, 3.63) is 81.3 Å². The maximum atomic E-state index is 13.1. The van der Waals surface area contributed by atoms with Gasteiger partial charge >= 0.3 is 0 Å². The number of nitrogens with one attached hydrogen (secondary N) is 1. The Morgan fingerprint density at radius 1 is 1.07 bits per heavy atom. The van der Waals surface area contributed by atoms with E-state index in [1.165, 1.54) is 4.57 Å². The summed E-state index contributed by atoms with van der Waals surface area (Å²) < 4.78 is 1.38. The molecule has 1 amide bonds. The highest BCUT2D eigenvalue weighted by Gasteiger charge is 2.17. The molecule has 2 aromatic carbocycles. The molecule has 0 aliphatic heterocycles. The van der Waals surface area contributed by atoms with Gasteiger partial charge in [-0.15, -0.1) is 0 Å². The van der Waals surface area contributed by atoms with Crippen molar-refractivity contribution in [3.63, 3.8) is 0 Å². The third-order valence-electron chi connectivity index (χ3n) is 4.67. The predicted octanol–water partition coefficient (Wildman–Crippen LogP) is 3.01. The van der Waals surface area contributed by atoms with E-state index in [9.17, 15) is 14.7 Å². The van der Waals surface area contributed by atoms with Crippen LogP contribution in [0.4, 0.5) is 5.69 Å². The van der Waals surface area contributed by atoms with Crippen molar-refractivity contribution in [1.82, 2.24) is 9.55 Å². The highest BCUT2D eigenvalue weighted by molar-refractivity contribution is 5.91. The van der Waals surface area contributed by atoms with Crippen LogP contribution < -0.4 is 10.9 Å². The summed E-state index contributed by atoms with van der Waals surface area (Å²) in [4.78, 5) is 30.4. The molecule has 0 aliphatic rings. The van der Waals surface area contributed by atoms with Gasteiger partial charge in [-0.05, 0) is 44.0 Å². The molecule has 6 nitrogen and oxygen atoms in total. The van der Waals surface area contributed by atoms with Crippen molar-refractivity contribution in [2.75, 3.05) is 11.9 Å². The number of aliphatic hydroxyl groups is 1. The molecule has 3 rings (SSSR count). The summed E-state index contributed by atoms with van der Waals surface area (Å²) in [6.07, 6.45) is 0.200. The Morgan fingerprint density at radius 3 is 2.34 bits per heavy atom. The van der Waals surface area contributed by atoms with Gasteiger partial charge in [0.05, 0.1) is 0 Å². The highest BCUT2D eigenvalue weighted by Crippen LogP contribution is 2.18. The van der Waals surface area contributed by atoms with Gasteiger partial charge in [0.2, 0.25) is 5.91 Å². The Bertz CT molecular complexity index is 1070. The first-order chi connectivity index (χ1) is 13.9. The average Bonchev–Trinajstić information content (AvgIpc) is 2.67. The third-order valence-corrected chi connectivity index (χ3v) is 4.67. The van der Waals surface area contributed by atoms with Gasteiger partial charge in [-0.2, -0.15) is 0 Å². The molecule has 3 aromatic rings. The number of nitrogens with zero attached hydrogens (tertiary/aromatic N) is 2. The molecular weight excluding hydrogens is 366 g/mol. The lowest BCUT2D eigenvalue weighted by molar-refractivity contribution is -0.116. The molecule has 0 unspecified atom stereocenters. The molecule has 2 N–H and O–H groups in total. The van der Waals surface area contributed by atoms with Crippen molar-refractivity contribution in [1.29, 1.82) is 0 Å². The zero-order valence-electron chi connectivity index (χ0n) is 16.9. The van der Waals surface area contributed by atoms with E-state index in [-0.39, 0.29) is 31.0 Å². The molecule has 0 atom stereocenters. The number of carbonyl (C=O) groups excluding carboxylic acids is 1. The minimum atomic E-state index is -0.310. The third kappa shape index (κ3) is 4.78. The maximum Gasteiger partial charge on any atom is 0.257 e. The summed E-state index contributed by atoms with van der Waals surface area (Å²) in [5.74, 6) is 0.125. The second-order valence-electron chi connectivity index (χ2n) is 7.15. The summed E-state index contributed by atoms with van der Waals surface area (Å²) in [7, 11) is 0. The number of carbonyl (C=O) groups is 1. The molecule has 0 radical (unpaired) electrons. The van der Waals surface area contributed by atoms with E-state index in [2.05, 4.69) is 10.3 Å². The van der Waals surface area contributed by atoms with Crippen molar-refractivity contribution in [2.45, 2.75) is 33.7 Å². The molecule has 0 bridgehead atoms. The lowest BCUT2D eigenvalue weighted by atomic mass is 10.1. The minimum Gasteiger partial charge on any atom is -0.396 e. The maximum absolute atomic E-state index is 13.1. The smallest absolute Gasteiger partial charge is 0.257 e. The molecule has 6 heteroatoms. The van der Waals surface area contributed by atoms with Gasteiger partial charge < -0.3 is 10.4 Å². The highest BCUT2D eigenvalue weighted by atomic mass is 16.3. The van der Waals surface area contributed by atoms with Crippen LogP contribution in [0.1, 0.15) is 22.4 Å². The summed E-state index contributed by atoms with van der Waals surface area (Å²) in [6, 6.07) is 15.1. The predicted molar refractivity (Wildman–Crippen MR) is 114 cm³/mol. The summed E-state index contributed by atoms with van der Waals surface area (Å²) in [5.41, 5.74) is 4.22. The van der Waals surface area contributed by atoms with E-state index in [0.29, 0.717) is 22.8 Å². The Kier molecular flexibility index (Phi) is 6.24. The van der Waals surface area contributed by atoms with Gasteiger partial charge in [-0.3, -0.25) is 14.2 Å². The lowest BCUT2D eigenvalue weighted by Gasteiger charge is -2.16. The van der Waals surface area contributed by atoms with E-state index in [1.54, 1.807) is 6.92 Å². The number of benzene rings is 2. The number of hydrogen-bond acceptors (Lipinski definition) is 4. The summed E-state index contributed by atoms with van der Waals surface area (Å²) >= 11 is 0. The Balaban J connectivity index is 2.01. The van der Waals surface area contributed by atoms with Crippen LogP contribution in [0.3, 0.4) is 0 Å². The van der Waals surface area contributed by atoms with Crippen molar-refractivity contribution in [2.24, 2.45) is 0 Å². The fourth-order valence-electron chi connectivity index (χ4n) is 3.45. The van der Waals surface area contributed by atoms with E-state index >= 15 is 0 Å². The number of amides is 1. The van der Waals surface area contributed by atoms with Gasteiger partial charge in [0, 0.05) is 35.5 Å². The molecule has 1 heterocycles. The first kappa shape index (κ1) is 20.5. The molecule has 0 aliphatic carbocycles. The van der Waals surface area contributed by atoms with E-state index in [4.69, 9.17) is 0 Å². The van der Waals surface area contributed by atoms with Crippen LogP contribution in [0, 0.1) is 20.8 Å². The standard InChI is InChI=1S/C23H25N3O3/c1-15-11-16(2)13-19(12-15)25-21(28)14-26-22(18-7-5-4-6-8-18)24-17(3)20(9-10-27)23(26)29/h4-8,11-13,27H,9-10,14H2,1-3H3,(H,25,28). The Hall–Kier alpha value is -3.25. The van der Waals surface area contributed by atoms with Crippen LogP contribution in [-0.2, 0) is 17.8 Å². The normalized spacial score (nSPS) is 10.8. The quantitative estimate of drug-likeness (QED) is 0.677. The second-order valence-corrected chi connectivity index (χ2v) is 7.15. The minimum absolute atomic E-state index is 0.156. The Morgan fingerprint density at radius 2 is 1.72 bits per heavy atom. The van der Waals surface area contributed by atoms with E-state index in [0.717, 1.165) is 16.7 Å². The molecular formula is C23H25N3O3. The fraction of sp³-hybridized carbons (Fsp3) is 0.261. The van der Waals surface area contributed by atoms with Gasteiger partial charge in [-0.1, -0.05) is 36.4 Å². The van der Waals surface area contributed by atoms with Crippen LogP contribution in [0.15, 0.2) is 53.3 Å². The molecule has 0 fully saturated rings. The SMILES string of the molecule is Cc1cc(C)cc(NC(=O)Cn2c(-c3ccccc3)nc(C)c(CCO)c2=O)c1. The number of aliphatic hydroxyl groups excluding tert-OH is 1. The molecule has 29 heavy (non-hydrogen) atoms. The summed E-state index contributed by atoms with van der Waals surface area (Å²) in [6.45, 7) is 5.36. The van der Waals surface area contributed by atoms with Crippen LogP contribution >= 0.6 is 0 Å². The first-order valence-electron chi connectivity index (χ1n) is 9.53. The molecule has 150 valence electrons. The van der Waals surface area contributed by atoms with Gasteiger partial charge in [0.1, 0.15) is 12.4 Å². The van der Waals surface area contributed by atoms with Crippen LogP contribution in [0.25, 0.3) is 11.4 Å². The van der Waals surface area contributed by atoms with Gasteiger partial charge in [0.15, 0.2) is 0 Å². The van der Waals surface area contributed by atoms with Crippen molar-refractivity contribution < 1.29 is 9.90 Å². The molecule has 1 aromatic heterocycles. The first-order valence-corrected chi connectivity index (χ1v) is 9.53. The lowest BCUT2D eigenvalue weighted by Crippen LogP contribution is -2.33. The second kappa shape index (κ2) is 8.84. The topological polar surface area (TPSA) is 84.2 Å². The zero-order chi connectivity index (χ0) is 21.0. The van der Waals surface area contributed by atoms with Crippen LogP contribution in [0.5, 0.6) is 0 Å². The van der Waals surface area contributed by atoms with Gasteiger partial charge in [-0.25, -0.2) is 4.98 Å². The zero-order valence-corrected chi connectivity index (χ0v) is 16.9. The number of anilines is 1. The molecule has 0 spiro atoms. The fourth-order valence-corrected chi connectivity index (χ4v) is 3.45. The molecule has 0 saturated carbocycles. The number of aryl methyl sites for hydroxylation is 3. The molecule has 0 saturated heterocycles. The Labute approximate surface area is 169 Å². The number of aromatic nitrogens is 2. The monoisotopic (exact) mass is 391 g/mol. The van der Waals surface area contributed by atoms with Crippen LogP contribution in [-0.4, -0.2) is 27.2 Å². The van der Waals surface area contributed by atoms with Crippen LogP contribution in [0.2, 0.25) is 0 Å². The van der Waals surface area contributed by atoms with E-state index in [1.807, 2.05) is 62.4 Å². The van der Waals surface area contributed by atoms with Gasteiger partial charge in [0.25, 0.3) is 5.56 Å². The number of hydrogen-bond donors (Lipinski definition) is 2. The van der Waals surface area contributed by atoms with Crippen molar-refractivity contribution >= 4 is 11.6 Å². The number of rotatable bonds is 6. The average molecular weight is 391 g/mol. The largest absolute Gasteiger partial charge is 0.396 e. The van der Waals surface area contributed by atoms with Crippen molar-refractivity contribution in [3.8, 4) is 11.4 Å².